The van der Waals surface area contributed by atoms with Crippen LogP contribution in [0.4, 0.5) is 0 Å². The molecule has 2 unspecified atom stereocenters. The zero-order valence-electron chi connectivity index (χ0n) is 10.4. The van der Waals surface area contributed by atoms with Gasteiger partial charge in [0.05, 0.1) is 6.54 Å². The SMILES string of the molecule is C1CC(N2CC3CCC(C2)N3C2=NCCN2)C1. The number of likely N-dealkylation sites (tertiary alicyclic amines) is 1. The second-order valence-electron chi connectivity index (χ2n) is 5.96. The van der Waals surface area contributed by atoms with Gasteiger partial charge in [0.25, 0.3) is 0 Å². The minimum atomic E-state index is 0.735. The van der Waals surface area contributed by atoms with E-state index in [-0.39, 0.29) is 0 Å². The summed E-state index contributed by atoms with van der Waals surface area (Å²) in [5, 5.41) is 3.46. The zero-order valence-corrected chi connectivity index (χ0v) is 10.4. The fourth-order valence-electron chi connectivity index (χ4n) is 3.89. The smallest absolute Gasteiger partial charge is 0.194 e. The first-order valence-corrected chi connectivity index (χ1v) is 7.22. The summed E-state index contributed by atoms with van der Waals surface area (Å²) in [6, 6.07) is 2.39. The molecular formula is C13H22N4. The Kier molecular flexibility index (Phi) is 2.32. The molecular weight excluding hydrogens is 212 g/mol. The number of piperazine rings is 1. The minimum Gasteiger partial charge on any atom is -0.354 e. The van der Waals surface area contributed by atoms with Crippen molar-refractivity contribution in [2.24, 2.45) is 4.99 Å². The van der Waals surface area contributed by atoms with Gasteiger partial charge in [-0.25, -0.2) is 0 Å². The number of nitrogens with zero attached hydrogens (tertiary/aromatic N) is 3. The van der Waals surface area contributed by atoms with Gasteiger partial charge in [0.2, 0.25) is 0 Å². The van der Waals surface area contributed by atoms with Crippen LogP contribution in [0.25, 0.3) is 0 Å². The fourth-order valence-corrected chi connectivity index (χ4v) is 3.89. The van der Waals surface area contributed by atoms with Crippen molar-refractivity contribution in [3.05, 3.63) is 0 Å². The maximum Gasteiger partial charge on any atom is 0.194 e. The monoisotopic (exact) mass is 234 g/mol. The van der Waals surface area contributed by atoms with Crippen molar-refractivity contribution in [2.75, 3.05) is 26.2 Å². The number of hydrogen-bond acceptors (Lipinski definition) is 4. The van der Waals surface area contributed by atoms with Crippen LogP contribution in [0, 0.1) is 0 Å². The van der Waals surface area contributed by atoms with E-state index in [2.05, 4.69) is 20.1 Å². The Morgan fingerprint density at radius 3 is 2.29 bits per heavy atom. The van der Waals surface area contributed by atoms with Crippen molar-refractivity contribution in [3.63, 3.8) is 0 Å². The molecule has 4 aliphatic rings. The fraction of sp³-hybridized carbons (Fsp3) is 0.923. The highest BCUT2D eigenvalue weighted by atomic mass is 15.4. The summed E-state index contributed by atoms with van der Waals surface area (Å²) in [5.41, 5.74) is 0. The molecule has 1 saturated carbocycles. The molecule has 2 atom stereocenters. The van der Waals surface area contributed by atoms with Crippen LogP contribution in [0.2, 0.25) is 0 Å². The highest BCUT2D eigenvalue weighted by Gasteiger charge is 2.44. The van der Waals surface area contributed by atoms with Crippen LogP contribution in [-0.4, -0.2) is 60.1 Å². The summed E-state index contributed by atoms with van der Waals surface area (Å²) in [6.07, 6.45) is 7.08. The summed E-state index contributed by atoms with van der Waals surface area (Å²) >= 11 is 0. The Morgan fingerprint density at radius 1 is 1.00 bits per heavy atom. The molecule has 1 aliphatic carbocycles. The largest absolute Gasteiger partial charge is 0.354 e. The molecule has 0 aromatic heterocycles. The van der Waals surface area contributed by atoms with Crippen LogP contribution in [0.15, 0.2) is 4.99 Å². The van der Waals surface area contributed by atoms with Crippen LogP contribution in [0.3, 0.4) is 0 Å². The number of rotatable bonds is 1. The molecule has 0 aromatic rings. The average molecular weight is 234 g/mol. The summed E-state index contributed by atoms with van der Waals surface area (Å²) in [5.74, 6) is 1.20. The molecule has 3 heterocycles. The van der Waals surface area contributed by atoms with Crippen LogP contribution in [0.1, 0.15) is 32.1 Å². The molecule has 0 aromatic carbocycles. The van der Waals surface area contributed by atoms with Crippen molar-refractivity contribution in [1.29, 1.82) is 0 Å². The predicted octanol–water partition coefficient (Wildman–Crippen LogP) is 0.647. The lowest BCUT2D eigenvalue weighted by Crippen LogP contribution is -2.60. The molecule has 3 aliphatic heterocycles. The van der Waals surface area contributed by atoms with Gasteiger partial charge in [-0.1, -0.05) is 6.42 Å². The second kappa shape index (κ2) is 3.87. The van der Waals surface area contributed by atoms with Crippen molar-refractivity contribution in [3.8, 4) is 0 Å². The van der Waals surface area contributed by atoms with Gasteiger partial charge in [-0.2, -0.15) is 0 Å². The summed E-state index contributed by atoms with van der Waals surface area (Å²) in [4.78, 5) is 9.98. The normalized spacial score (nSPS) is 37.9. The quantitative estimate of drug-likeness (QED) is 0.722. The number of nitrogens with one attached hydrogen (secondary N) is 1. The first kappa shape index (κ1) is 10.2. The van der Waals surface area contributed by atoms with Crippen molar-refractivity contribution >= 4 is 5.96 Å². The Hall–Kier alpha value is -0.770. The van der Waals surface area contributed by atoms with E-state index in [4.69, 9.17) is 0 Å². The summed E-state index contributed by atoms with van der Waals surface area (Å²) in [6.45, 7) is 4.57. The third-order valence-electron chi connectivity index (χ3n) is 5.00. The second-order valence-corrected chi connectivity index (χ2v) is 5.96. The van der Waals surface area contributed by atoms with Gasteiger partial charge >= 0.3 is 0 Å². The minimum absolute atomic E-state index is 0.735. The number of guanidine groups is 1. The van der Waals surface area contributed by atoms with Gasteiger partial charge in [-0.05, 0) is 25.7 Å². The number of hydrogen-bond donors (Lipinski definition) is 1. The predicted molar refractivity (Wildman–Crippen MR) is 68.2 cm³/mol. The molecule has 0 spiro atoms. The van der Waals surface area contributed by atoms with Gasteiger partial charge in [0.15, 0.2) is 5.96 Å². The first-order chi connectivity index (χ1) is 8.42. The standard InChI is InChI=1S/C13H22N4/c1-2-10(3-1)16-8-11-4-5-12(9-16)17(11)13-14-6-7-15-13/h10-12H,1-9H2,(H,14,15). The molecule has 4 nitrogen and oxygen atoms in total. The molecule has 2 bridgehead atoms. The van der Waals surface area contributed by atoms with E-state index in [1.165, 1.54) is 51.2 Å². The van der Waals surface area contributed by atoms with Gasteiger partial charge in [0.1, 0.15) is 0 Å². The van der Waals surface area contributed by atoms with Crippen LogP contribution in [0.5, 0.6) is 0 Å². The van der Waals surface area contributed by atoms with E-state index in [0.717, 1.165) is 31.2 Å². The van der Waals surface area contributed by atoms with Crippen LogP contribution >= 0.6 is 0 Å². The van der Waals surface area contributed by atoms with Gasteiger partial charge in [-0.3, -0.25) is 9.89 Å². The Morgan fingerprint density at radius 2 is 1.76 bits per heavy atom. The Bertz CT molecular complexity index is 322. The Labute approximate surface area is 103 Å². The van der Waals surface area contributed by atoms with E-state index in [0.29, 0.717) is 0 Å². The number of fused-ring (bicyclic) bond motifs is 2. The Balaban J connectivity index is 1.50. The first-order valence-electron chi connectivity index (χ1n) is 7.22. The molecule has 2 saturated heterocycles. The highest BCUT2D eigenvalue weighted by molar-refractivity contribution is 5.82. The van der Waals surface area contributed by atoms with Gasteiger partial charge < -0.3 is 10.2 Å². The van der Waals surface area contributed by atoms with E-state index >= 15 is 0 Å². The summed E-state index contributed by atoms with van der Waals surface area (Å²) < 4.78 is 0. The lowest BCUT2D eigenvalue weighted by molar-refractivity contribution is 0.0483. The summed E-state index contributed by atoms with van der Waals surface area (Å²) in [7, 11) is 0. The number of aliphatic imine (C=N–C) groups is 1. The van der Waals surface area contributed by atoms with Gasteiger partial charge in [-0.15, -0.1) is 0 Å². The topological polar surface area (TPSA) is 30.9 Å². The van der Waals surface area contributed by atoms with Crippen molar-refractivity contribution in [2.45, 2.75) is 50.2 Å². The third-order valence-corrected chi connectivity index (χ3v) is 5.00. The molecule has 1 N–H and O–H groups in total. The lowest BCUT2D eigenvalue weighted by Gasteiger charge is -2.47. The molecule has 94 valence electrons. The third kappa shape index (κ3) is 1.57. The molecule has 4 heteroatoms. The van der Waals surface area contributed by atoms with E-state index in [1.807, 2.05) is 0 Å². The molecule has 0 amide bonds. The van der Waals surface area contributed by atoms with E-state index in [9.17, 15) is 0 Å². The average Bonchev–Trinajstić information content (AvgIpc) is 2.82. The lowest BCUT2D eigenvalue weighted by atomic mass is 9.90. The zero-order chi connectivity index (χ0) is 11.2. The molecule has 3 fully saturated rings. The molecule has 17 heavy (non-hydrogen) atoms. The van der Waals surface area contributed by atoms with Gasteiger partial charge in [0, 0.05) is 37.8 Å². The van der Waals surface area contributed by atoms with Crippen LogP contribution in [-0.2, 0) is 0 Å². The maximum absolute atomic E-state index is 4.62. The molecule has 4 rings (SSSR count). The van der Waals surface area contributed by atoms with Crippen LogP contribution < -0.4 is 5.32 Å². The maximum atomic E-state index is 4.62. The molecule has 0 radical (unpaired) electrons. The van der Waals surface area contributed by atoms with Crippen molar-refractivity contribution in [1.82, 2.24) is 15.1 Å². The highest BCUT2D eigenvalue weighted by Crippen LogP contribution is 2.35. The van der Waals surface area contributed by atoms with E-state index in [1.54, 1.807) is 0 Å². The van der Waals surface area contributed by atoms with Crippen molar-refractivity contribution < 1.29 is 0 Å². The van der Waals surface area contributed by atoms with E-state index < -0.39 is 0 Å².